The summed E-state index contributed by atoms with van der Waals surface area (Å²) in [6, 6.07) is 0. The van der Waals surface area contributed by atoms with Crippen LogP contribution in [-0.4, -0.2) is 39.3 Å². The number of thiol groups is 1. The highest BCUT2D eigenvalue weighted by Gasteiger charge is 2.34. The third-order valence-corrected chi connectivity index (χ3v) is 4.12. The molecule has 0 fully saturated rings. The highest BCUT2D eigenvalue weighted by Crippen LogP contribution is 2.30. The number of hydrogen-bond donors (Lipinski definition) is 2. The fourth-order valence-electron chi connectivity index (χ4n) is 1.38. The van der Waals surface area contributed by atoms with Crippen LogP contribution in [0.1, 0.15) is 33.4 Å². The van der Waals surface area contributed by atoms with Crippen LogP contribution in [-0.2, 0) is 11.2 Å². The van der Waals surface area contributed by atoms with Crippen LogP contribution in [0.4, 0.5) is 0 Å². The maximum atomic E-state index is 8.92. The Kier molecular flexibility index (Phi) is 4.92. The molecule has 102 valence electrons. The Morgan fingerprint density at radius 3 is 2.56 bits per heavy atom. The lowest BCUT2D eigenvalue weighted by Crippen LogP contribution is -2.45. The number of aliphatic hydroxyl groups excluding tert-OH is 1. The van der Waals surface area contributed by atoms with Gasteiger partial charge in [0.25, 0.3) is 0 Å². The molecular weight excluding hydrogens is 247 g/mol. The Bertz CT molecular complexity index is 399. The number of aliphatic hydroxyl groups is 1. The lowest BCUT2D eigenvalue weighted by Gasteiger charge is -2.38. The van der Waals surface area contributed by atoms with Gasteiger partial charge in [-0.3, -0.25) is 4.68 Å². The standard InChI is InChI=1S/C12H23BN2O2S/c1-9-10(8-14-15(9)6-7-16)13-17-11(2,3)12(4,5)18/h8,13,16,18H,6-7H2,1-5H3. The molecule has 18 heavy (non-hydrogen) atoms. The summed E-state index contributed by atoms with van der Waals surface area (Å²) in [6.45, 7) is 10.8. The Labute approximate surface area is 115 Å². The smallest absolute Gasteiger partial charge is 0.312 e. The summed E-state index contributed by atoms with van der Waals surface area (Å²) in [7, 11) is 0.508. The van der Waals surface area contributed by atoms with E-state index in [1.165, 1.54) is 0 Å². The number of aromatic nitrogens is 2. The number of hydrogen-bond acceptors (Lipinski definition) is 4. The second kappa shape index (κ2) is 5.67. The fraction of sp³-hybridized carbons (Fsp3) is 0.750. The molecule has 1 rings (SSSR count). The van der Waals surface area contributed by atoms with Crippen molar-refractivity contribution in [3.05, 3.63) is 11.9 Å². The van der Waals surface area contributed by atoms with Crippen molar-refractivity contribution in [3.8, 4) is 0 Å². The van der Waals surface area contributed by atoms with Gasteiger partial charge < -0.3 is 9.76 Å². The molecule has 0 bridgehead atoms. The molecular formula is C12H23BN2O2S. The van der Waals surface area contributed by atoms with Gasteiger partial charge in [0, 0.05) is 16.6 Å². The summed E-state index contributed by atoms with van der Waals surface area (Å²) < 4.78 is 7.53. The van der Waals surface area contributed by atoms with Crippen molar-refractivity contribution < 1.29 is 9.76 Å². The first-order valence-electron chi connectivity index (χ1n) is 6.17. The minimum Gasteiger partial charge on any atom is -0.428 e. The molecule has 0 atom stereocenters. The van der Waals surface area contributed by atoms with Gasteiger partial charge in [0.05, 0.1) is 18.8 Å². The molecule has 0 radical (unpaired) electrons. The van der Waals surface area contributed by atoms with E-state index in [4.69, 9.17) is 9.76 Å². The average molecular weight is 270 g/mol. The van der Waals surface area contributed by atoms with E-state index in [-0.39, 0.29) is 17.0 Å². The zero-order valence-electron chi connectivity index (χ0n) is 11.9. The lowest BCUT2D eigenvalue weighted by atomic mass is 9.84. The predicted octanol–water partition coefficient (Wildman–Crippen LogP) is 0.664. The summed E-state index contributed by atoms with van der Waals surface area (Å²) in [5, 5.41) is 13.1. The first-order valence-corrected chi connectivity index (χ1v) is 6.62. The van der Waals surface area contributed by atoms with Crippen LogP contribution in [0.5, 0.6) is 0 Å². The first kappa shape index (κ1) is 15.6. The third-order valence-electron chi connectivity index (χ3n) is 3.58. The van der Waals surface area contributed by atoms with Gasteiger partial charge in [0.2, 0.25) is 0 Å². The molecule has 0 aliphatic carbocycles. The van der Waals surface area contributed by atoms with E-state index < -0.39 is 0 Å². The van der Waals surface area contributed by atoms with Crippen molar-refractivity contribution in [1.82, 2.24) is 9.78 Å². The Balaban J connectivity index is 2.70. The van der Waals surface area contributed by atoms with Gasteiger partial charge in [-0.1, -0.05) is 0 Å². The molecule has 4 nitrogen and oxygen atoms in total. The zero-order valence-corrected chi connectivity index (χ0v) is 12.8. The topological polar surface area (TPSA) is 47.3 Å². The summed E-state index contributed by atoms with van der Waals surface area (Å²) in [5.41, 5.74) is 1.76. The summed E-state index contributed by atoms with van der Waals surface area (Å²) in [4.78, 5) is 0. The molecule has 1 aromatic rings. The van der Waals surface area contributed by atoms with E-state index in [9.17, 15) is 0 Å². The highest BCUT2D eigenvalue weighted by atomic mass is 32.1. The molecule has 6 heteroatoms. The number of rotatable bonds is 6. The Hall–Kier alpha value is -0.455. The van der Waals surface area contributed by atoms with Gasteiger partial charge in [0.15, 0.2) is 0 Å². The van der Waals surface area contributed by atoms with Crippen molar-refractivity contribution in [2.45, 2.75) is 51.5 Å². The minimum absolute atomic E-state index is 0.0952. The molecule has 0 spiro atoms. The predicted molar refractivity (Wildman–Crippen MR) is 79.1 cm³/mol. The van der Waals surface area contributed by atoms with Crippen LogP contribution in [0.2, 0.25) is 0 Å². The van der Waals surface area contributed by atoms with Gasteiger partial charge in [-0.15, -0.1) is 0 Å². The monoisotopic (exact) mass is 270 g/mol. The van der Waals surface area contributed by atoms with E-state index >= 15 is 0 Å². The van der Waals surface area contributed by atoms with Gasteiger partial charge in [0.1, 0.15) is 0 Å². The van der Waals surface area contributed by atoms with Crippen LogP contribution >= 0.6 is 12.6 Å². The van der Waals surface area contributed by atoms with Gasteiger partial charge in [-0.25, -0.2) is 0 Å². The molecule has 0 aliphatic heterocycles. The highest BCUT2D eigenvalue weighted by molar-refractivity contribution is 7.81. The van der Waals surface area contributed by atoms with E-state index in [0.29, 0.717) is 14.0 Å². The van der Waals surface area contributed by atoms with Crippen molar-refractivity contribution in [2.24, 2.45) is 0 Å². The van der Waals surface area contributed by atoms with Crippen molar-refractivity contribution in [2.75, 3.05) is 6.61 Å². The largest absolute Gasteiger partial charge is 0.428 e. The van der Waals surface area contributed by atoms with Crippen LogP contribution in [0.15, 0.2) is 6.20 Å². The molecule has 0 aliphatic rings. The van der Waals surface area contributed by atoms with E-state index in [2.05, 4.69) is 17.7 Å². The molecule has 0 saturated carbocycles. The average Bonchev–Trinajstić information content (AvgIpc) is 2.57. The van der Waals surface area contributed by atoms with E-state index in [1.807, 2.05) is 34.6 Å². The van der Waals surface area contributed by atoms with Crippen molar-refractivity contribution in [1.29, 1.82) is 0 Å². The van der Waals surface area contributed by atoms with Crippen molar-refractivity contribution >= 4 is 25.6 Å². The summed E-state index contributed by atoms with van der Waals surface area (Å²) in [5.74, 6) is 0. The Morgan fingerprint density at radius 2 is 2.06 bits per heavy atom. The quantitative estimate of drug-likeness (QED) is 0.590. The Morgan fingerprint density at radius 1 is 1.44 bits per heavy atom. The van der Waals surface area contributed by atoms with E-state index in [0.717, 1.165) is 11.2 Å². The van der Waals surface area contributed by atoms with Gasteiger partial charge >= 0.3 is 7.48 Å². The first-order chi connectivity index (χ1) is 8.19. The summed E-state index contributed by atoms with van der Waals surface area (Å²) in [6.07, 6.45) is 1.80. The second-order valence-electron chi connectivity index (χ2n) is 5.56. The van der Waals surface area contributed by atoms with Crippen LogP contribution in [0.3, 0.4) is 0 Å². The minimum atomic E-state index is -0.332. The van der Waals surface area contributed by atoms with Gasteiger partial charge in [-0.2, -0.15) is 17.7 Å². The maximum Gasteiger partial charge on any atom is 0.312 e. The summed E-state index contributed by atoms with van der Waals surface area (Å²) >= 11 is 4.57. The molecule has 1 aromatic heterocycles. The normalized spacial score (nSPS) is 12.8. The second-order valence-corrected chi connectivity index (χ2v) is 6.68. The molecule has 1 heterocycles. The molecule has 0 amide bonds. The van der Waals surface area contributed by atoms with Gasteiger partial charge in [-0.05, 0) is 40.1 Å². The molecule has 0 saturated heterocycles. The zero-order chi connectivity index (χ0) is 14.0. The van der Waals surface area contributed by atoms with Crippen molar-refractivity contribution in [3.63, 3.8) is 0 Å². The third kappa shape index (κ3) is 3.52. The molecule has 1 N–H and O–H groups in total. The van der Waals surface area contributed by atoms with Crippen LogP contribution in [0, 0.1) is 6.92 Å². The number of nitrogens with zero attached hydrogens (tertiary/aromatic N) is 2. The van der Waals surface area contributed by atoms with E-state index in [1.54, 1.807) is 10.9 Å². The maximum absolute atomic E-state index is 8.92. The lowest BCUT2D eigenvalue weighted by molar-refractivity contribution is 0.0854. The van der Waals surface area contributed by atoms with Crippen LogP contribution < -0.4 is 5.46 Å². The van der Waals surface area contributed by atoms with Crippen LogP contribution in [0.25, 0.3) is 0 Å². The molecule has 0 aromatic carbocycles. The fourth-order valence-corrected chi connectivity index (χ4v) is 1.45. The SMILES string of the molecule is Cc1c(BOC(C)(C)C(C)(C)S)cnn1CCO. The molecule has 0 unspecified atom stereocenters.